The topological polar surface area (TPSA) is 37.3 Å². The van der Waals surface area contributed by atoms with E-state index >= 15 is 0 Å². The van der Waals surface area contributed by atoms with Gasteiger partial charge in [0.2, 0.25) is 0 Å². The number of anilines is 1. The number of nitrogens with one attached hydrogen (secondary N) is 1. The Bertz CT molecular complexity index is 636. The first kappa shape index (κ1) is 13.4. The van der Waals surface area contributed by atoms with Gasteiger partial charge in [0.15, 0.2) is 5.17 Å². The molecule has 20 heavy (non-hydrogen) atoms. The van der Waals surface area contributed by atoms with Crippen LogP contribution in [0, 0.1) is 5.92 Å². The van der Waals surface area contributed by atoms with Crippen LogP contribution in [0.3, 0.4) is 0 Å². The fraction of sp³-hybridized carbons (Fsp3) is 0.375. The van der Waals surface area contributed by atoms with Crippen LogP contribution < -0.4 is 5.32 Å². The highest BCUT2D eigenvalue weighted by Gasteiger charge is 2.20. The number of fused-ring (bicyclic) bond motifs is 1. The van der Waals surface area contributed by atoms with Crippen molar-refractivity contribution >= 4 is 33.5 Å². The molecule has 1 aromatic carbocycles. The zero-order valence-electron chi connectivity index (χ0n) is 11.8. The lowest BCUT2D eigenvalue weighted by Crippen LogP contribution is -2.09. The summed E-state index contributed by atoms with van der Waals surface area (Å²) in [5.74, 6) is 0.726. The van der Waals surface area contributed by atoms with Crippen molar-refractivity contribution in [2.45, 2.75) is 25.5 Å². The van der Waals surface area contributed by atoms with E-state index in [1.807, 2.05) is 36.2 Å². The minimum atomic E-state index is 0.617. The van der Waals surface area contributed by atoms with Gasteiger partial charge in [-0.1, -0.05) is 43.8 Å². The smallest absolute Gasteiger partial charge is 0.161 e. The van der Waals surface area contributed by atoms with E-state index in [1.54, 1.807) is 0 Å². The average Bonchev–Trinajstić information content (AvgIpc) is 2.85. The molecule has 2 heterocycles. The fourth-order valence-electron chi connectivity index (χ4n) is 2.40. The van der Waals surface area contributed by atoms with Gasteiger partial charge in [-0.2, -0.15) is 0 Å². The zero-order valence-corrected chi connectivity index (χ0v) is 12.7. The molecule has 0 aliphatic carbocycles. The van der Waals surface area contributed by atoms with Gasteiger partial charge in [-0.3, -0.25) is 9.98 Å². The summed E-state index contributed by atoms with van der Waals surface area (Å²) < 4.78 is 0. The Morgan fingerprint density at radius 2 is 2.20 bits per heavy atom. The number of rotatable bonds is 3. The molecule has 0 fully saturated rings. The Labute approximate surface area is 123 Å². The molecule has 0 bridgehead atoms. The van der Waals surface area contributed by atoms with Gasteiger partial charge in [-0.15, -0.1) is 0 Å². The van der Waals surface area contributed by atoms with Crippen molar-refractivity contribution < 1.29 is 0 Å². The Hall–Kier alpha value is -1.55. The van der Waals surface area contributed by atoms with Crippen molar-refractivity contribution in [3.63, 3.8) is 0 Å². The van der Waals surface area contributed by atoms with E-state index in [0.29, 0.717) is 5.25 Å². The van der Waals surface area contributed by atoms with E-state index in [2.05, 4.69) is 41.3 Å². The number of benzene rings is 1. The lowest BCUT2D eigenvalue weighted by atomic mass is 10.1. The molecular weight excluding hydrogens is 266 g/mol. The third kappa shape index (κ3) is 3.12. The van der Waals surface area contributed by atoms with Crippen LogP contribution in [0.5, 0.6) is 0 Å². The number of aromatic nitrogens is 1. The zero-order chi connectivity index (χ0) is 13.9. The van der Waals surface area contributed by atoms with Crippen molar-refractivity contribution in [1.29, 1.82) is 0 Å². The van der Waals surface area contributed by atoms with Crippen LogP contribution in [0.1, 0.15) is 20.3 Å². The monoisotopic (exact) mass is 285 g/mol. The van der Waals surface area contributed by atoms with Crippen LogP contribution in [0.2, 0.25) is 0 Å². The number of hydrogen-bond donors (Lipinski definition) is 1. The normalized spacial score (nSPS) is 18.6. The summed E-state index contributed by atoms with van der Waals surface area (Å²) in [5, 5.41) is 6.18. The van der Waals surface area contributed by atoms with E-state index in [1.165, 1.54) is 6.42 Å². The van der Waals surface area contributed by atoms with E-state index in [0.717, 1.165) is 34.2 Å². The summed E-state index contributed by atoms with van der Waals surface area (Å²) >= 11 is 1.85. The molecule has 2 aromatic rings. The van der Waals surface area contributed by atoms with Crippen LogP contribution in [-0.2, 0) is 0 Å². The predicted molar refractivity (Wildman–Crippen MR) is 88.5 cm³/mol. The van der Waals surface area contributed by atoms with Gasteiger partial charge in [-0.05, 0) is 24.5 Å². The molecule has 0 saturated heterocycles. The van der Waals surface area contributed by atoms with Crippen LogP contribution in [0.25, 0.3) is 10.9 Å². The lowest BCUT2D eigenvalue weighted by Gasteiger charge is -2.11. The van der Waals surface area contributed by atoms with E-state index in [-0.39, 0.29) is 0 Å². The Balaban J connectivity index is 1.68. The highest BCUT2D eigenvalue weighted by atomic mass is 32.2. The molecule has 4 heteroatoms. The number of nitrogens with zero attached hydrogens (tertiary/aromatic N) is 2. The maximum atomic E-state index is 4.59. The molecule has 0 amide bonds. The second-order valence-electron chi connectivity index (χ2n) is 5.56. The summed E-state index contributed by atoms with van der Waals surface area (Å²) in [5.41, 5.74) is 2.04. The van der Waals surface area contributed by atoms with Gasteiger partial charge < -0.3 is 5.32 Å². The number of pyridine rings is 1. The quantitative estimate of drug-likeness (QED) is 0.920. The Kier molecular flexibility index (Phi) is 3.92. The van der Waals surface area contributed by atoms with Crippen molar-refractivity contribution in [3.8, 4) is 0 Å². The molecule has 1 atom stereocenters. The summed E-state index contributed by atoms with van der Waals surface area (Å²) in [7, 11) is 0. The predicted octanol–water partition coefficient (Wildman–Crippen LogP) is 4.16. The molecule has 0 spiro atoms. The molecule has 3 rings (SSSR count). The molecule has 1 unspecified atom stereocenters. The van der Waals surface area contributed by atoms with Crippen molar-refractivity contribution in [1.82, 2.24) is 4.98 Å². The highest BCUT2D eigenvalue weighted by molar-refractivity contribution is 8.15. The van der Waals surface area contributed by atoms with Gasteiger partial charge in [0.05, 0.1) is 23.9 Å². The lowest BCUT2D eigenvalue weighted by molar-refractivity contribution is 0.575. The average molecular weight is 285 g/mol. The third-order valence-corrected chi connectivity index (χ3v) is 4.42. The summed E-state index contributed by atoms with van der Waals surface area (Å²) in [6, 6.07) is 10.3. The van der Waals surface area contributed by atoms with E-state index in [4.69, 9.17) is 0 Å². The highest BCUT2D eigenvalue weighted by Crippen LogP contribution is 2.27. The van der Waals surface area contributed by atoms with Crippen LogP contribution >= 0.6 is 11.8 Å². The fourth-order valence-corrected chi connectivity index (χ4v) is 3.67. The third-order valence-electron chi connectivity index (χ3n) is 3.29. The maximum absolute atomic E-state index is 4.59. The molecular formula is C16H19N3S. The molecule has 1 aromatic heterocycles. The minimum absolute atomic E-state index is 0.617. The Morgan fingerprint density at radius 1 is 1.35 bits per heavy atom. The van der Waals surface area contributed by atoms with E-state index < -0.39 is 0 Å². The molecule has 1 aliphatic heterocycles. The van der Waals surface area contributed by atoms with Gasteiger partial charge in [0.25, 0.3) is 0 Å². The number of para-hydroxylation sites is 1. The number of aliphatic imine (C=N–C) groups is 1. The summed E-state index contributed by atoms with van der Waals surface area (Å²) in [4.78, 5) is 9.05. The number of amidine groups is 1. The van der Waals surface area contributed by atoms with Crippen molar-refractivity contribution in [3.05, 3.63) is 36.5 Å². The van der Waals surface area contributed by atoms with Crippen LogP contribution in [0.4, 0.5) is 5.69 Å². The van der Waals surface area contributed by atoms with Gasteiger partial charge >= 0.3 is 0 Å². The first-order chi connectivity index (χ1) is 9.70. The van der Waals surface area contributed by atoms with Gasteiger partial charge in [0, 0.05) is 10.6 Å². The molecule has 104 valence electrons. The number of hydrogen-bond acceptors (Lipinski definition) is 4. The summed E-state index contributed by atoms with van der Waals surface area (Å²) in [6.45, 7) is 5.45. The SMILES string of the molecule is CC(C)CC1CN=C(Nc2cnc3ccccc3c2)S1. The standard InChI is InChI=1S/C16H19N3S/c1-11(2)7-14-10-18-16(20-14)19-13-8-12-5-3-4-6-15(12)17-9-13/h3-6,8-9,11,14H,7,10H2,1-2H3,(H,18,19). The molecule has 1 aliphatic rings. The summed E-state index contributed by atoms with van der Waals surface area (Å²) in [6.07, 6.45) is 3.09. The minimum Gasteiger partial charge on any atom is -0.334 e. The second-order valence-corrected chi connectivity index (χ2v) is 6.85. The Morgan fingerprint density at radius 3 is 3.05 bits per heavy atom. The first-order valence-corrected chi connectivity index (χ1v) is 7.91. The van der Waals surface area contributed by atoms with Crippen LogP contribution in [0.15, 0.2) is 41.5 Å². The molecule has 0 radical (unpaired) electrons. The molecule has 1 N–H and O–H groups in total. The van der Waals surface area contributed by atoms with E-state index in [9.17, 15) is 0 Å². The van der Waals surface area contributed by atoms with Gasteiger partial charge in [-0.25, -0.2) is 0 Å². The van der Waals surface area contributed by atoms with Crippen molar-refractivity contribution in [2.75, 3.05) is 11.9 Å². The number of thioether (sulfide) groups is 1. The second kappa shape index (κ2) is 5.83. The van der Waals surface area contributed by atoms with Gasteiger partial charge in [0.1, 0.15) is 0 Å². The van der Waals surface area contributed by atoms with Crippen LogP contribution in [-0.4, -0.2) is 21.9 Å². The maximum Gasteiger partial charge on any atom is 0.161 e. The largest absolute Gasteiger partial charge is 0.334 e. The molecule has 3 nitrogen and oxygen atoms in total. The van der Waals surface area contributed by atoms with Crippen molar-refractivity contribution in [2.24, 2.45) is 10.9 Å². The first-order valence-electron chi connectivity index (χ1n) is 7.03. The molecule has 0 saturated carbocycles.